The van der Waals surface area contributed by atoms with Crippen molar-refractivity contribution in [1.29, 1.82) is 0 Å². The number of carbonyl (C=O) groups is 2. The second-order valence-electron chi connectivity index (χ2n) is 4.87. The average molecular weight is 315 g/mol. The molecule has 0 atom stereocenters. The molecule has 0 unspecified atom stereocenters. The molecule has 0 radical (unpaired) electrons. The van der Waals surface area contributed by atoms with Crippen LogP contribution in [0, 0.1) is 0 Å². The fourth-order valence-electron chi connectivity index (χ4n) is 2.03. The molecule has 0 spiro atoms. The van der Waals surface area contributed by atoms with Crippen molar-refractivity contribution in [2.24, 2.45) is 0 Å². The summed E-state index contributed by atoms with van der Waals surface area (Å²) in [5.74, 6) is -1.28. The van der Waals surface area contributed by atoms with E-state index in [1.165, 1.54) is 7.11 Å². The van der Waals surface area contributed by atoms with E-state index in [9.17, 15) is 9.59 Å². The summed E-state index contributed by atoms with van der Waals surface area (Å²) >= 11 is 0. The number of methoxy groups -OCH3 is 1. The maximum atomic E-state index is 11.1. The predicted molar refractivity (Wildman–Crippen MR) is 83.8 cm³/mol. The summed E-state index contributed by atoms with van der Waals surface area (Å²) in [5.41, 5.74) is 2.01. The van der Waals surface area contributed by atoms with Crippen LogP contribution in [0.15, 0.2) is 41.1 Å². The number of aromatic carboxylic acids is 1. The minimum atomic E-state index is -1.07. The van der Waals surface area contributed by atoms with E-state index in [0.29, 0.717) is 17.7 Å². The number of ether oxygens (including phenoxy) is 1. The Labute approximate surface area is 133 Å². The molecule has 1 heterocycles. The Hall–Kier alpha value is -2.89. The van der Waals surface area contributed by atoms with E-state index in [4.69, 9.17) is 9.63 Å². The molecule has 23 heavy (non-hydrogen) atoms. The summed E-state index contributed by atoms with van der Waals surface area (Å²) in [6.45, 7) is 0. The minimum absolute atomic E-state index is 0.0381. The number of hydrogen-bond acceptors (Lipinski definition) is 5. The van der Waals surface area contributed by atoms with Gasteiger partial charge in [-0.1, -0.05) is 41.6 Å². The zero-order valence-electron chi connectivity index (χ0n) is 12.7. The van der Waals surface area contributed by atoms with Gasteiger partial charge in [0, 0.05) is 12.0 Å². The molecule has 0 saturated heterocycles. The van der Waals surface area contributed by atoms with Crippen molar-refractivity contribution < 1.29 is 24.0 Å². The Morgan fingerprint density at radius 2 is 2.04 bits per heavy atom. The lowest BCUT2D eigenvalue weighted by atomic mass is 10.1. The third-order valence-electron chi connectivity index (χ3n) is 3.27. The average Bonchev–Trinajstić information content (AvgIpc) is 3.04. The Morgan fingerprint density at radius 3 is 2.70 bits per heavy atom. The van der Waals surface area contributed by atoms with Crippen LogP contribution in [0.2, 0.25) is 0 Å². The van der Waals surface area contributed by atoms with Crippen molar-refractivity contribution >= 4 is 18.0 Å². The van der Waals surface area contributed by atoms with Gasteiger partial charge in [-0.15, -0.1) is 0 Å². The second-order valence-corrected chi connectivity index (χ2v) is 4.87. The Morgan fingerprint density at radius 1 is 1.30 bits per heavy atom. The Bertz CT molecular complexity index is 700. The van der Waals surface area contributed by atoms with Crippen molar-refractivity contribution in [3.8, 4) is 11.3 Å². The van der Waals surface area contributed by atoms with E-state index >= 15 is 0 Å². The maximum absolute atomic E-state index is 11.1. The number of carboxylic acids is 1. The van der Waals surface area contributed by atoms with Gasteiger partial charge in [0.05, 0.1) is 7.11 Å². The van der Waals surface area contributed by atoms with Crippen LogP contribution < -0.4 is 0 Å². The van der Waals surface area contributed by atoms with Gasteiger partial charge in [-0.2, -0.15) is 0 Å². The molecule has 1 N–H and O–H groups in total. The van der Waals surface area contributed by atoms with E-state index in [0.717, 1.165) is 24.7 Å². The number of unbranched alkanes of at least 4 members (excludes halogenated alkanes) is 1. The third-order valence-corrected chi connectivity index (χ3v) is 3.27. The van der Waals surface area contributed by atoms with Crippen molar-refractivity contribution in [3.63, 3.8) is 0 Å². The van der Waals surface area contributed by atoms with Gasteiger partial charge in [0.2, 0.25) is 0 Å². The lowest BCUT2D eigenvalue weighted by Crippen LogP contribution is -1.98. The zero-order valence-corrected chi connectivity index (χ0v) is 12.7. The lowest BCUT2D eigenvalue weighted by Gasteiger charge is -1.99. The highest BCUT2D eigenvalue weighted by molar-refractivity contribution is 5.94. The molecule has 0 aliphatic rings. The highest BCUT2D eigenvalue weighted by atomic mass is 16.5. The normalized spacial score (nSPS) is 10.8. The summed E-state index contributed by atoms with van der Waals surface area (Å²) in [4.78, 5) is 22.0. The smallest absolute Gasteiger partial charge is 0.341 e. The molecule has 6 nitrogen and oxygen atoms in total. The second kappa shape index (κ2) is 7.93. The maximum Gasteiger partial charge on any atom is 0.341 e. The van der Waals surface area contributed by atoms with Crippen LogP contribution in [0.25, 0.3) is 17.3 Å². The third kappa shape index (κ3) is 4.54. The van der Waals surface area contributed by atoms with Gasteiger partial charge < -0.3 is 14.4 Å². The number of benzene rings is 1. The van der Waals surface area contributed by atoms with Gasteiger partial charge >= 0.3 is 11.9 Å². The number of esters is 1. The first kappa shape index (κ1) is 16.5. The van der Waals surface area contributed by atoms with Crippen LogP contribution in [-0.4, -0.2) is 29.3 Å². The molecular weight excluding hydrogens is 298 g/mol. The van der Waals surface area contributed by atoms with Gasteiger partial charge in [-0.3, -0.25) is 4.79 Å². The molecular formula is C17H17NO5. The van der Waals surface area contributed by atoms with Crippen LogP contribution in [0.4, 0.5) is 0 Å². The van der Waals surface area contributed by atoms with Gasteiger partial charge in [0.15, 0.2) is 0 Å². The quantitative estimate of drug-likeness (QED) is 0.622. The minimum Gasteiger partial charge on any atom is -0.477 e. The molecule has 1 aromatic heterocycles. The molecule has 0 saturated carbocycles. The van der Waals surface area contributed by atoms with Crippen LogP contribution in [0.1, 0.15) is 35.2 Å². The van der Waals surface area contributed by atoms with Crippen molar-refractivity contribution in [2.45, 2.75) is 19.3 Å². The van der Waals surface area contributed by atoms with E-state index in [-0.39, 0.29) is 11.5 Å². The molecule has 1 aromatic carbocycles. The number of nitrogens with zero attached hydrogens (tertiary/aromatic N) is 1. The van der Waals surface area contributed by atoms with E-state index < -0.39 is 5.97 Å². The van der Waals surface area contributed by atoms with Crippen molar-refractivity contribution in [2.75, 3.05) is 7.11 Å². The number of hydrogen-bond donors (Lipinski definition) is 1. The standard InChI is InChI=1S/C17H17NO5/c1-22-15(19)6-4-2-3-5-12-7-9-13(10-8-12)16-14(17(20)21)11-23-18-16/h3,5,7-11H,2,4,6H2,1H3,(H,20,21). The van der Waals surface area contributed by atoms with E-state index in [1.54, 1.807) is 12.1 Å². The highest BCUT2D eigenvalue weighted by Crippen LogP contribution is 2.23. The summed E-state index contributed by atoms with van der Waals surface area (Å²) in [7, 11) is 1.38. The fourth-order valence-corrected chi connectivity index (χ4v) is 2.03. The predicted octanol–water partition coefficient (Wildman–Crippen LogP) is 3.40. The summed E-state index contributed by atoms with van der Waals surface area (Å²) in [6.07, 6.45) is 6.97. The molecule has 2 aromatic rings. The van der Waals surface area contributed by atoms with E-state index in [1.807, 2.05) is 24.3 Å². The SMILES string of the molecule is COC(=O)CCCC=Cc1ccc(-c2nocc2C(=O)O)cc1. The van der Waals surface area contributed by atoms with Crippen LogP contribution in [-0.2, 0) is 9.53 Å². The molecule has 0 fully saturated rings. The summed E-state index contributed by atoms with van der Waals surface area (Å²) in [5, 5.41) is 12.8. The molecule has 0 aliphatic carbocycles. The van der Waals surface area contributed by atoms with Crippen molar-refractivity contribution in [1.82, 2.24) is 5.16 Å². The van der Waals surface area contributed by atoms with Crippen LogP contribution in [0.3, 0.4) is 0 Å². The number of aromatic nitrogens is 1. The van der Waals surface area contributed by atoms with Crippen molar-refractivity contribution in [3.05, 3.63) is 47.7 Å². The fraction of sp³-hybridized carbons (Fsp3) is 0.235. The van der Waals surface area contributed by atoms with Crippen LogP contribution >= 0.6 is 0 Å². The molecule has 2 rings (SSSR count). The number of rotatable bonds is 7. The molecule has 0 bridgehead atoms. The largest absolute Gasteiger partial charge is 0.477 e. The van der Waals surface area contributed by atoms with Crippen LogP contribution in [0.5, 0.6) is 0 Å². The molecule has 6 heteroatoms. The lowest BCUT2D eigenvalue weighted by molar-refractivity contribution is -0.140. The Kier molecular flexibility index (Phi) is 5.68. The molecule has 0 amide bonds. The van der Waals surface area contributed by atoms with Gasteiger partial charge in [0.1, 0.15) is 17.5 Å². The Balaban J connectivity index is 1.96. The first-order chi connectivity index (χ1) is 11.1. The van der Waals surface area contributed by atoms with Gasteiger partial charge in [-0.25, -0.2) is 4.79 Å². The van der Waals surface area contributed by atoms with Gasteiger partial charge in [-0.05, 0) is 18.4 Å². The molecule has 0 aliphatic heterocycles. The number of carbonyl (C=O) groups excluding carboxylic acids is 1. The topological polar surface area (TPSA) is 89.6 Å². The first-order valence-electron chi connectivity index (χ1n) is 7.13. The first-order valence-corrected chi connectivity index (χ1v) is 7.13. The summed E-state index contributed by atoms with van der Waals surface area (Å²) in [6, 6.07) is 7.32. The van der Waals surface area contributed by atoms with Gasteiger partial charge in [0.25, 0.3) is 0 Å². The zero-order chi connectivity index (χ0) is 16.7. The van der Waals surface area contributed by atoms with E-state index in [2.05, 4.69) is 9.89 Å². The number of carboxylic acid groups (broad SMARTS) is 1. The monoisotopic (exact) mass is 315 g/mol. The molecule has 120 valence electrons. The highest BCUT2D eigenvalue weighted by Gasteiger charge is 2.15. The summed E-state index contributed by atoms with van der Waals surface area (Å²) < 4.78 is 9.30. The number of allylic oxidation sites excluding steroid dienone is 1.